The van der Waals surface area contributed by atoms with E-state index in [-0.39, 0.29) is 6.10 Å². The Morgan fingerprint density at radius 2 is 2.00 bits per heavy atom. The Morgan fingerprint density at radius 1 is 1.36 bits per heavy atom. The summed E-state index contributed by atoms with van der Waals surface area (Å²) in [5.74, 6) is 1.66. The molecule has 0 spiro atoms. The monoisotopic (exact) mass is 219 g/mol. The van der Waals surface area contributed by atoms with E-state index in [1.54, 1.807) is 0 Å². The van der Waals surface area contributed by atoms with Crippen LogP contribution in [0.4, 0.5) is 0 Å². The minimum Gasteiger partial charge on any atom is -0.393 e. The largest absolute Gasteiger partial charge is 0.393 e. The van der Waals surface area contributed by atoms with Gasteiger partial charge in [0.1, 0.15) is 0 Å². The summed E-state index contributed by atoms with van der Waals surface area (Å²) in [5, 5.41) is 9.15. The average Bonchev–Trinajstić information content (AvgIpc) is 2.14. The van der Waals surface area contributed by atoms with Crippen molar-refractivity contribution in [2.45, 2.75) is 39.2 Å². The first-order valence-corrected chi connectivity index (χ1v) is 6.20. The van der Waals surface area contributed by atoms with Crippen molar-refractivity contribution in [2.75, 3.05) is 25.9 Å². The van der Waals surface area contributed by atoms with Gasteiger partial charge >= 0.3 is 0 Å². The van der Waals surface area contributed by atoms with Gasteiger partial charge in [-0.05, 0) is 38.5 Å². The lowest BCUT2D eigenvalue weighted by Gasteiger charge is -2.23. The van der Waals surface area contributed by atoms with Gasteiger partial charge in [-0.1, -0.05) is 13.3 Å². The van der Waals surface area contributed by atoms with Crippen molar-refractivity contribution in [3.8, 4) is 0 Å². The maximum Gasteiger partial charge on any atom is 0.0524 e. The molecule has 0 fully saturated rings. The Bertz CT molecular complexity index is 130. The van der Waals surface area contributed by atoms with Crippen LogP contribution in [0.5, 0.6) is 0 Å². The van der Waals surface area contributed by atoms with Gasteiger partial charge < -0.3 is 10.0 Å². The van der Waals surface area contributed by atoms with Crippen LogP contribution in [0, 0.1) is 5.92 Å². The predicted octanol–water partition coefficient (Wildman–Crippen LogP) is 2.04. The highest BCUT2D eigenvalue weighted by atomic mass is 32.1. The maximum atomic E-state index is 9.15. The Kier molecular flexibility index (Phi) is 8.73. The summed E-state index contributed by atoms with van der Waals surface area (Å²) >= 11 is 4.36. The number of hydrogen-bond acceptors (Lipinski definition) is 3. The van der Waals surface area contributed by atoms with Crippen molar-refractivity contribution in [2.24, 2.45) is 5.92 Å². The summed E-state index contributed by atoms with van der Waals surface area (Å²) in [7, 11) is 2.12. The van der Waals surface area contributed by atoms with Gasteiger partial charge in [-0.15, -0.1) is 0 Å². The highest BCUT2D eigenvalue weighted by Gasteiger charge is 2.09. The molecule has 2 nitrogen and oxygen atoms in total. The molecule has 0 aromatic carbocycles. The van der Waals surface area contributed by atoms with Crippen LogP contribution in [0.25, 0.3) is 0 Å². The van der Waals surface area contributed by atoms with E-state index in [1.165, 1.54) is 12.8 Å². The second-order valence-corrected chi connectivity index (χ2v) is 4.60. The summed E-state index contributed by atoms with van der Waals surface area (Å²) in [6.45, 7) is 6.14. The molecule has 86 valence electrons. The van der Waals surface area contributed by atoms with Crippen molar-refractivity contribution >= 4 is 12.6 Å². The lowest BCUT2D eigenvalue weighted by atomic mass is 10.1. The Balaban J connectivity index is 3.61. The van der Waals surface area contributed by atoms with Crippen molar-refractivity contribution in [3.63, 3.8) is 0 Å². The summed E-state index contributed by atoms with van der Waals surface area (Å²) < 4.78 is 0. The van der Waals surface area contributed by atoms with Crippen molar-refractivity contribution in [1.29, 1.82) is 0 Å². The topological polar surface area (TPSA) is 23.5 Å². The smallest absolute Gasteiger partial charge is 0.0524 e. The molecule has 1 N–H and O–H groups in total. The van der Waals surface area contributed by atoms with Crippen LogP contribution in [0.15, 0.2) is 0 Å². The Morgan fingerprint density at radius 3 is 2.43 bits per heavy atom. The normalized spacial score (nSPS) is 15.9. The van der Waals surface area contributed by atoms with Crippen LogP contribution < -0.4 is 0 Å². The molecule has 0 aliphatic heterocycles. The number of aliphatic hydroxyl groups is 1. The molecule has 0 aromatic rings. The second-order valence-electron chi connectivity index (χ2n) is 4.24. The molecular formula is C11H25NOS. The molecule has 0 rings (SSSR count). The molecule has 0 aliphatic rings. The molecule has 0 aromatic heterocycles. The lowest BCUT2D eigenvalue weighted by molar-refractivity contribution is 0.159. The third-order valence-electron chi connectivity index (χ3n) is 2.45. The van der Waals surface area contributed by atoms with Gasteiger partial charge in [0.25, 0.3) is 0 Å². The number of rotatable bonds is 8. The molecule has 2 unspecified atom stereocenters. The van der Waals surface area contributed by atoms with Gasteiger partial charge in [-0.25, -0.2) is 0 Å². The molecule has 14 heavy (non-hydrogen) atoms. The first kappa shape index (κ1) is 14.3. The molecule has 0 saturated carbocycles. The molecule has 3 heteroatoms. The lowest BCUT2D eigenvalue weighted by Crippen LogP contribution is -2.29. The van der Waals surface area contributed by atoms with Gasteiger partial charge in [0.15, 0.2) is 0 Å². The highest BCUT2D eigenvalue weighted by Crippen LogP contribution is 2.10. The number of hydrogen-bond donors (Lipinski definition) is 2. The van der Waals surface area contributed by atoms with Gasteiger partial charge in [-0.2, -0.15) is 12.6 Å². The molecule has 0 radical (unpaired) electrons. The first-order chi connectivity index (χ1) is 6.60. The SMILES string of the molecule is CCCC(CS)CN(C)CCC(C)O. The summed E-state index contributed by atoms with van der Waals surface area (Å²) in [6.07, 6.45) is 3.16. The highest BCUT2D eigenvalue weighted by molar-refractivity contribution is 7.80. The summed E-state index contributed by atoms with van der Waals surface area (Å²) in [6, 6.07) is 0. The predicted molar refractivity (Wildman–Crippen MR) is 66.0 cm³/mol. The van der Waals surface area contributed by atoms with Crippen LogP contribution in [0.2, 0.25) is 0 Å². The average molecular weight is 219 g/mol. The van der Waals surface area contributed by atoms with E-state index in [1.807, 2.05) is 6.92 Å². The van der Waals surface area contributed by atoms with Crippen LogP contribution in [0.3, 0.4) is 0 Å². The minimum absolute atomic E-state index is 0.182. The van der Waals surface area contributed by atoms with Gasteiger partial charge in [0, 0.05) is 13.1 Å². The Labute approximate surface area is 94.1 Å². The van der Waals surface area contributed by atoms with Gasteiger partial charge in [0.2, 0.25) is 0 Å². The van der Waals surface area contributed by atoms with Crippen LogP contribution in [0.1, 0.15) is 33.1 Å². The quantitative estimate of drug-likeness (QED) is 0.610. The molecule has 0 bridgehead atoms. The molecule has 0 saturated heterocycles. The van der Waals surface area contributed by atoms with Crippen molar-refractivity contribution in [1.82, 2.24) is 4.90 Å². The van der Waals surface area contributed by atoms with Gasteiger partial charge in [-0.3, -0.25) is 0 Å². The van der Waals surface area contributed by atoms with E-state index >= 15 is 0 Å². The fourth-order valence-electron chi connectivity index (χ4n) is 1.59. The zero-order chi connectivity index (χ0) is 11.0. The summed E-state index contributed by atoms with van der Waals surface area (Å²) in [4.78, 5) is 2.29. The van der Waals surface area contributed by atoms with Crippen LogP contribution in [-0.2, 0) is 0 Å². The number of nitrogens with zero attached hydrogens (tertiary/aromatic N) is 1. The van der Waals surface area contributed by atoms with Crippen molar-refractivity contribution < 1.29 is 5.11 Å². The van der Waals surface area contributed by atoms with Gasteiger partial charge in [0.05, 0.1) is 6.10 Å². The fraction of sp³-hybridized carbons (Fsp3) is 1.00. The standard InChI is InChI=1S/C11H25NOS/c1-4-5-11(9-14)8-12(3)7-6-10(2)13/h10-11,13-14H,4-9H2,1-3H3. The first-order valence-electron chi connectivity index (χ1n) is 5.57. The molecule has 0 heterocycles. The van der Waals surface area contributed by atoms with Crippen molar-refractivity contribution in [3.05, 3.63) is 0 Å². The third kappa shape index (κ3) is 7.65. The van der Waals surface area contributed by atoms with E-state index in [0.29, 0.717) is 5.92 Å². The number of thiol groups is 1. The molecule has 0 amide bonds. The zero-order valence-electron chi connectivity index (χ0n) is 9.74. The van der Waals surface area contributed by atoms with E-state index in [0.717, 1.165) is 25.3 Å². The van der Waals surface area contributed by atoms with E-state index < -0.39 is 0 Å². The number of aliphatic hydroxyl groups excluding tert-OH is 1. The fourth-order valence-corrected chi connectivity index (χ4v) is 1.89. The second kappa shape index (κ2) is 8.57. The third-order valence-corrected chi connectivity index (χ3v) is 2.97. The minimum atomic E-state index is -0.182. The van der Waals surface area contributed by atoms with E-state index in [2.05, 4.69) is 31.5 Å². The maximum absolute atomic E-state index is 9.15. The zero-order valence-corrected chi connectivity index (χ0v) is 10.6. The van der Waals surface area contributed by atoms with E-state index in [9.17, 15) is 0 Å². The van der Waals surface area contributed by atoms with E-state index in [4.69, 9.17) is 5.11 Å². The summed E-state index contributed by atoms with van der Waals surface area (Å²) in [5.41, 5.74) is 0. The molecule has 2 atom stereocenters. The van der Waals surface area contributed by atoms with Crippen LogP contribution in [-0.4, -0.2) is 42.0 Å². The van der Waals surface area contributed by atoms with Crippen LogP contribution >= 0.6 is 12.6 Å². The molecular weight excluding hydrogens is 194 g/mol. The molecule has 0 aliphatic carbocycles. The Hall–Kier alpha value is 0.270.